The second-order valence-electron chi connectivity index (χ2n) is 6.72. The molecular formula is C18H27NO2. The van der Waals surface area contributed by atoms with Crippen molar-refractivity contribution in [1.82, 2.24) is 5.32 Å². The van der Waals surface area contributed by atoms with E-state index in [1.54, 1.807) is 6.07 Å². The monoisotopic (exact) mass is 289 g/mol. The Hall–Kier alpha value is -1.06. The Morgan fingerprint density at radius 1 is 1.05 bits per heavy atom. The quantitative estimate of drug-likeness (QED) is 0.798. The highest BCUT2D eigenvalue weighted by Gasteiger charge is 2.26. The maximum Gasteiger partial charge on any atom is 0.115 e. The second-order valence-corrected chi connectivity index (χ2v) is 6.72. The molecule has 21 heavy (non-hydrogen) atoms. The van der Waals surface area contributed by atoms with Gasteiger partial charge in [0, 0.05) is 12.6 Å². The number of hydrogen-bond acceptors (Lipinski definition) is 3. The largest absolute Gasteiger partial charge is 0.508 e. The molecule has 0 saturated heterocycles. The van der Waals surface area contributed by atoms with Crippen molar-refractivity contribution in [3.05, 3.63) is 29.3 Å². The molecule has 1 aromatic carbocycles. The van der Waals surface area contributed by atoms with Crippen LogP contribution in [0.3, 0.4) is 0 Å². The summed E-state index contributed by atoms with van der Waals surface area (Å²) in [4.78, 5) is 0. The van der Waals surface area contributed by atoms with E-state index in [0.29, 0.717) is 30.2 Å². The van der Waals surface area contributed by atoms with Gasteiger partial charge in [-0.3, -0.25) is 0 Å². The molecule has 0 amide bonds. The summed E-state index contributed by atoms with van der Waals surface area (Å²) >= 11 is 0. The Kier molecular flexibility index (Phi) is 4.81. The van der Waals surface area contributed by atoms with Crippen LogP contribution in [-0.2, 0) is 6.42 Å². The number of aliphatic hydroxyl groups excluding tert-OH is 1. The number of fused-ring (bicyclic) bond motifs is 1. The van der Waals surface area contributed by atoms with E-state index in [1.165, 1.54) is 43.2 Å². The number of hydrogen-bond donors (Lipinski definition) is 3. The SMILES string of the molecule is OCC1CCCCC1CNC1CCCc2ccc(O)cc21. The summed E-state index contributed by atoms with van der Waals surface area (Å²) in [6.45, 7) is 1.32. The molecule has 2 aliphatic carbocycles. The van der Waals surface area contributed by atoms with Gasteiger partial charge < -0.3 is 15.5 Å². The summed E-state index contributed by atoms with van der Waals surface area (Å²) in [5, 5.41) is 23.0. The molecule has 3 unspecified atom stereocenters. The number of aryl methyl sites for hydroxylation is 1. The molecule has 2 aliphatic rings. The molecule has 0 spiro atoms. The zero-order valence-corrected chi connectivity index (χ0v) is 12.7. The molecule has 3 rings (SSSR count). The Labute approximate surface area is 127 Å². The fraction of sp³-hybridized carbons (Fsp3) is 0.667. The smallest absolute Gasteiger partial charge is 0.115 e. The van der Waals surface area contributed by atoms with Crippen molar-refractivity contribution < 1.29 is 10.2 Å². The van der Waals surface area contributed by atoms with Crippen LogP contribution in [0.5, 0.6) is 5.75 Å². The number of rotatable bonds is 4. The van der Waals surface area contributed by atoms with Crippen LogP contribution in [0, 0.1) is 11.8 Å². The maximum absolute atomic E-state index is 9.74. The first-order chi connectivity index (χ1) is 10.3. The van der Waals surface area contributed by atoms with Gasteiger partial charge in [0.2, 0.25) is 0 Å². The van der Waals surface area contributed by atoms with Gasteiger partial charge in [0.15, 0.2) is 0 Å². The minimum Gasteiger partial charge on any atom is -0.508 e. The molecule has 0 heterocycles. The third-order valence-electron chi connectivity index (χ3n) is 5.37. The minimum absolute atomic E-state index is 0.328. The molecule has 0 radical (unpaired) electrons. The molecular weight excluding hydrogens is 262 g/mol. The summed E-state index contributed by atoms with van der Waals surface area (Å²) in [6, 6.07) is 6.15. The molecule has 3 heteroatoms. The predicted octanol–water partition coefficient (Wildman–Crippen LogP) is 3.16. The zero-order valence-electron chi connectivity index (χ0n) is 12.7. The normalized spacial score (nSPS) is 29.1. The predicted molar refractivity (Wildman–Crippen MR) is 84.3 cm³/mol. The first kappa shape index (κ1) is 14.9. The Morgan fingerprint density at radius 2 is 1.86 bits per heavy atom. The molecule has 1 saturated carbocycles. The summed E-state index contributed by atoms with van der Waals surface area (Å²) in [6.07, 6.45) is 8.45. The summed E-state index contributed by atoms with van der Waals surface area (Å²) in [5.74, 6) is 1.44. The number of nitrogens with one attached hydrogen (secondary N) is 1. The average molecular weight is 289 g/mol. The Balaban J connectivity index is 1.65. The van der Waals surface area contributed by atoms with Crippen LogP contribution in [0.25, 0.3) is 0 Å². The number of phenolic OH excluding ortho intramolecular Hbond substituents is 1. The summed E-state index contributed by atoms with van der Waals surface area (Å²) < 4.78 is 0. The van der Waals surface area contributed by atoms with E-state index >= 15 is 0 Å². The van der Waals surface area contributed by atoms with Gasteiger partial charge in [-0.2, -0.15) is 0 Å². The van der Waals surface area contributed by atoms with Crippen LogP contribution < -0.4 is 5.32 Å². The van der Waals surface area contributed by atoms with Crippen LogP contribution in [0.4, 0.5) is 0 Å². The van der Waals surface area contributed by atoms with E-state index in [9.17, 15) is 10.2 Å². The van der Waals surface area contributed by atoms with Crippen molar-refractivity contribution in [3.63, 3.8) is 0 Å². The van der Waals surface area contributed by atoms with E-state index in [0.717, 1.165) is 19.4 Å². The fourth-order valence-corrected chi connectivity index (χ4v) is 4.09. The number of aliphatic hydroxyl groups is 1. The van der Waals surface area contributed by atoms with Gasteiger partial charge in [0.1, 0.15) is 5.75 Å². The lowest BCUT2D eigenvalue weighted by Gasteiger charge is -2.33. The minimum atomic E-state index is 0.328. The molecule has 3 N–H and O–H groups in total. The molecule has 3 atom stereocenters. The lowest BCUT2D eigenvalue weighted by molar-refractivity contribution is 0.130. The van der Waals surface area contributed by atoms with Crippen molar-refractivity contribution in [3.8, 4) is 5.75 Å². The highest BCUT2D eigenvalue weighted by atomic mass is 16.3. The first-order valence-electron chi connectivity index (χ1n) is 8.44. The van der Waals surface area contributed by atoms with Crippen molar-refractivity contribution in [1.29, 1.82) is 0 Å². The van der Waals surface area contributed by atoms with Crippen molar-refractivity contribution in [2.75, 3.05) is 13.2 Å². The van der Waals surface area contributed by atoms with Crippen molar-refractivity contribution in [2.45, 2.75) is 51.0 Å². The van der Waals surface area contributed by atoms with E-state index in [-0.39, 0.29) is 0 Å². The van der Waals surface area contributed by atoms with E-state index in [2.05, 4.69) is 11.4 Å². The first-order valence-corrected chi connectivity index (χ1v) is 8.44. The molecule has 0 bridgehead atoms. The standard InChI is InChI=1S/C18H27NO2/c20-12-15-5-2-1-4-14(15)11-19-18-7-3-6-13-8-9-16(21)10-17(13)18/h8-10,14-15,18-21H,1-7,11-12H2. The molecule has 1 fully saturated rings. The lowest BCUT2D eigenvalue weighted by atomic mass is 9.79. The van der Waals surface area contributed by atoms with Gasteiger partial charge in [-0.05, 0) is 73.7 Å². The summed E-state index contributed by atoms with van der Waals surface area (Å²) in [5.41, 5.74) is 2.65. The third-order valence-corrected chi connectivity index (χ3v) is 5.37. The fourth-order valence-electron chi connectivity index (χ4n) is 4.09. The van der Waals surface area contributed by atoms with Crippen LogP contribution in [0.1, 0.15) is 55.7 Å². The van der Waals surface area contributed by atoms with E-state index in [1.807, 2.05) is 6.07 Å². The topological polar surface area (TPSA) is 52.5 Å². The van der Waals surface area contributed by atoms with E-state index in [4.69, 9.17) is 0 Å². The highest BCUT2D eigenvalue weighted by Crippen LogP contribution is 2.34. The lowest BCUT2D eigenvalue weighted by Crippen LogP contribution is -2.35. The average Bonchev–Trinajstić information content (AvgIpc) is 2.53. The van der Waals surface area contributed by atoms with Crippen molar-refractivity contribution in [2.24, 2.45) is 11.8 Å². The molecule has 116 valence electrons. The van der Waals surface area contributed by atoms with Gasteiger partial charge in [-0.15, -0.1) is 0 Å². The number of aromatic hydroxyl groups is 1. The molecule has 0 aliphatic heterocycles. The molecule has 3 nitrogen and oxygen atoms in total. The number of phenols is 1. The van der Waals surface area contributed by atoms with Gasteiger partial charge in [0.05, 0.1) is 0 Å². The summed E-state index contributed by atoms with van der Waals surface area (Å²) in [7, 11) is 0. The highest BCUT2D eigenvalue weighted by molar-refractivity contribution is 5.38. The molecule has 1 aromatic rings. The third kappa shape index (κ3) is 3.41. The Morgan fingerprint density at radius 3 is 2.67 bits per heavy atom. The van der Waals surface area contributed by atoms with Crippen LogP contribution in [-0.4, -0.2) is 23.4 Å². The van der Waals surface area contributed by atoms with Crippen LogP contribution in [0.15, 0.2) is 18.2 Å². The van der Waals surface area contributed by atoms with Crippen molar-refractivity contribution >= 4 is 0 Å². The molecule has 0 aromatic heterocycles. The van der Waals surface area contributed by atoms with Gasteiger partial charge in [-0.25, -0.2) is 0 Å². The maximum atomic E-state index is 9.74. The van der Waals surface area contributed by atoms with Crippen LogP contribution in [0.2, 0.25) is 0 Å². The van der Waals surface area contributed by atoms with Gasteiger partial charge in [-0.1, -0.05) is 18.9 Å². The second kappa shape index (κ2) is 6.80. The van der Waals surface area contributed by atoms with E-state index < -0.39 is 0 Å². The number of benzene rings is 1. The Bertz CT molecular complexity index is 474. The van der Waals surface area contributed by atoms with Crippen LogP contribution >= 0.6 is 0 Å². The van der Waals surface area contributed by atoms with Gasteiger partial charge >= 0.3 is 0 Å². The zero-order chi connectivity index (χ0) is 14.7. The van der Waals surface area contributed by atoms with Gasteiger partial charge in [0.25, 0.3) is 0 Å².